The van der Waals surface area contributed by atoms with Gasteiger partial charge in [-0.3, -0.25) is 15.1 Å². The van der Waals surface area contributed by atoms with Crippen molar-refractivity contribution in [3.63, 3.8) is 0 Å². The van der Waals surface area contributed by atoms with Gasteiger partial charge in [0.15, 0.2) is 0 Å². The van der Waals surface area contributed by atoms with Crippen molar-refractivity contribution >= 4 is 22.3 Å². The molecule has 0 amide bonds. The number of benzene rings is 1. The maximum atomic E-state index is 10.9. The fourth-order valence-electron chi connectivity index (χ4n) is 2.22. The molecule has 1 aromatic heterocycles. The summed E-state index contributed by atoms with van der Waals surface area (Å²) in [6, 6.07) is 6.65. The largest absolute Gasteiger partial charge is 0.384 e. The topological polar surface area (TPSA) is 77.3 Å². The molecule has 6 nitrogen and oxygen atoms in total. The molecular formula is C16H21N3O3. The van der Waals surface area contributed by atoms with E-state index in [0.717, 1.165) is 35.2 Å². The summed E-state index contributed by atoms with van der Waals surface area (Å²) in [5.74, 6) is 0. The van der Waals surface area contributed by atoms with E-state index in [2.05, 4.69) is 10.3 Å². The second-order valence-corrected chi connectivity index (χ2v) is 5.47. The Morgan fingerprint density at radius 1 is 1.36 bits per heavy atom. The molecule has 1 aromatic carbocycles. The second kappa shape index (κ2) is 7.17. The highest BCUT2D eigenvalue weighted by atomic mass is 16.6. The van der Waals surface area contributed by atoms with Crippen LogP contribution in [-0.4, -0.2) is 29.2 Å². The quantitative estimate of drug-likeness (QED) is 0.479. The third kappa shape index (κ3) is 4.14. The molecule has 2 rings (SSSR count). The van der Waals surface area contributed by atoms with Crippen LogP contribution in [0.2, 0.25) is 0 Å². The van der Waals surface area contributed by atoms with Crippen molar-refractivity contribution in [3.05, 3.63) is 40.1 Å². The maximum Gasteiger partial charge on any atom is 0.270 e. The van der Waals surface area contributed by atoms with Gasteiger partial charge >= 0.3 is 0 Å². The molecule has 0 saturated heterocycles. The second-order valence-electron chi connectivity index (χ2n) is 5.47. The van der Waals surface area contributed by atoms with Crippen LogP contribution < -0.4 is 5.32 Å². The molecule has 0 radical (unpaired) electrons. The van der Waals surface area contributed by atoms with Gasteiger partial charge < -0.3 is 10.1 Å². The Hall–Kier alpha value is -2.21. The van der Waals surface area contributed by atoms with Crippen molar-refractivity contribution in [2.75, 3.05) is 18.5 Å². The van der Waals surface area contributed by atoms with Crippen molar-refractivity contribution < 1.29 is 9.66 Å². The van der Waals surface area contributed by atoms with E-state index in [-0.39, 0.29) is 16.7 Å². The number of aryl methyl sites for hydroxylation is 1. The van der Waals surface area contributed by atoms with Gasteiger partial charge in [-0.2, -0.15) is 0 Å². The number of nitrogens with zero attached hydrogens (tertiary/aromatic N) is 2. The first-order valence-corrected chi connectivity index (χ1v) is 7.38. The van der Waals surface area contributed by atoms with Crippen LogP contribution in [0.5, 0.6) is 0 Å². The normalized spacial score (nSPS) is 11.1. The fraction of sp³-hybridized carbons (Fsp3) is 0.438. The molecular weight excluding hydrogens is 282 g/mol. The summed E-state index contributed by atoms with van der Waals surface area (Å²) in [6.45, 7) is 7.35. The number of non-ortho nitro benzene ring substituents is 1. The number of aromatic nitrogens is 1. The lowest BCUT2D eigenvalue weighted by molar-refractivity contribution is -0.384. The van der Waals surface area contributed by atoms with Gasteiger partial charge in [-0.05, 0) is 39.3 Å². The SMILES string of the molecule is Cc1cc(NCCCOC(C)C)c2cc([N+](=O)[O-])ccc2n1. The summed E-state index contributed by atoms with van der Waals surface area (Å²) in [5, 5.41) is 15.0. The molecule has 0 unspecified atom stereocenters. The molecule has 0 saturated carbocycles. The van der Waals surface area contributed by atoms with Crippen molar-refractivity contribution in [1.29, 1.82) is 0 Å². The average molecular weight is 303 g/mol. The minimum atomic E-state index is -0.389. The highest BCUT2D eigenvalue weighted by Crippen LogP contribution is 2.27. The van der Waals surface area contributed by atoms with E-state index in [1.54, 1.807) is 12.1 Å². The maximum absolute atomic E-state index is 10.9. The summed E-state index contributed by atoms with van der Waals surface area (Å²) < 4.78 is 5.50. The molecule has 0 aliphatic rings. The standard InChI is InChI=1S/C16H21N3O3/c1-11(2)22-8-4-7-17-16-9-12(3)18-15-6-5-13(19(20)21)10-14(15)16/h5-6,9-11H,4,7-8H2,1-3H3,(H,17,18). The summed E-state index contributed by atoms with van der Waals surface area (Å²) in [4.78, 5) is 15.0. The first kappa shape index (κ1) is 16.2. The zero-order valence-corrected chi connectivity index (χ0v) is 13.1. The number of hydrogen-bond acceptors (Lipinski definition) is 5. The van der Waals surface area contributed by atoms with Gasteiger partial charge in [-0.15, -0.1) is 0 Å². The van der Waals surface area contributed by atoms with E-state index >= 15 is 0 Å². The van der Waals surface area contributed by atoms with E-state index < -0.39 is 0 Å². The summed E-state index contributed by atoms with van der Waals surface area (Å²) in [6.07, 6.45) is 1.10. The van der Waals surface area contributed by atoms with Gasteiger partial charge in [-0.25, -0.2) is 0 Å². The monoisotopic (exact) mass is 303 g/mol. The molecule has 0 fully saturated rings. The molecule has 2 aromatic rings. The number of ether oxygens (including phenoxy) is 1. The molecule has 22 heavy (non-hydrogen) atoms. The minimum absolute atomic E-state index is 0.0735. The number of nitro benzene ring substituents is 1. The molecule has 0 aliphatic heterocycles. The summed E-state index contributed by atoms with van der Waals surface area (Å²) >= 11 is 0. The van der Waals surface area contributed by atoms with Gasteiger partial charge in [-0.1, -0.05) is 0 Å². The lowest BCUT2D eigenvalue weighted by atomic mass is 10.1. The van der Waals surface area contributed by atoms with Gasteiger partial charge in [0.2, 0.25) is 0 Å². The molecule has 1 N–H and O–H groups in total. The first-order valence-electron chi connectivity index (χ1n) is 7.38. The van der Waals surface area contributed by atoms with E-state index in [1.807, 2.05) is 26.8 Å². The molecule has 1 heterocycles. The average Bonchev–Trinajstić information content (AvgIpc) is 2.45. The lowest BCUT2D eigenvalue weighted by Gasteiger charge is -2.12. The van der Waals surface area contributed by atoms with E-state index in [9.17, 15) is 10.1 Å². The van der Waals surface area contributed by atoms with Crippen molar-refractivity contribution in [2.24, 2.45) is 0 Å². The molecule has 0 spiro atoms. The third-order valence-corrected chi connectivity index (χ3v) is 3.22. The van der Waals surface area contributed by atoms with Gasteiger partial charge in [0.05, 0.1) is 16.5 Å². The highest BCUT2D eigenvalue weighted by Gasteiger charge is 2.10. The van der Waals surface area contributed by atoms with E-state index in [0.29, 0.717) is 6.61 Å². The zero-order chi connectivity index (χ0) is 16.1. The lowest BCUT2D eigenvalue weighted by Crippen LogP contribution is -2.09. The van der Waals surface area contributed by atoms with Crippen LogP contribution in [0.1, 0.15) is 26.0 Å². The third-order valence-electron chi connectivity index (χ3n) is 3.22. The zero-order valence-electron chi connectivity index (χ0n) is 13.1. The predicted octanol–water partition coefficient (Wildman–Crippen LogP) is 3.68. The molecule has 0 aliphatic carbocycles. The smallest absolute Gasteiger partial charge is 0.270 e. The van der Waals surface area contributed by atoms with E-state index in [4.69, 9.17) is 4.74 Å². The van der Waals surface area contributed by atoms with Gasteiger partial charge in [0, 0.05) is 42.1 Å². The Labute approximate surface area is 129 Å². The van der Waals surface area contributed by atoms with Crippen LogP contribution in [0.25, 0.3) is 10.9 Å². The number of hydrogen-bond donors (Lipinski definition) is 1. The molecule has 118 valence electrons. The van der Waals surface area contributed by atoms with Crippen LogP contribution >= 0.6 is 0 Å². The van der Waals surface area contributed by atoms with E-state index in [1.165, 1.54) is 6.07 Å². The first-order chi connectivity index (χ1) is 10.5. The number of rotatable bonds is 7. The van der Waals surface area contributed by atoms with Gasteiger partial charge in [0.25, 0.3) is 5.69 Å². The van der Waals surface area contributed by atoms with Crippen LogP contribution in [0.15, 0.2) is 24.3 Å². The fourth-order valence-corrected chi connectivity index (χ4v) is 2.22. The van der Waals surface area contributed by atoms with Gasteiger partial charge in [0.1, 0.15) is 0 Å². The Bertz CT molecular complexity index is 671. The van der Waals surface area contributed by atoms with Crippen LogP contribution in [0.4, 0.5) is 11.4 Å². The Morgan fingerprint density at radius 3 is 2.82 bits per heavy atom. The van der Waals surface area contributed by atoms with Crippen molar-refractivity contribution in [2.45, 2.75) is 33.3 Å². The number of nitrogens with one attached hydrogen (secondary N) is 1. The van der Waals surface area contributed by atoms with Crippen molar-refractivity contribution in [3.8, 4) is 0 Å². The Balaban J connectivity index is 2.16. The van der Waals surface area contributed by atoms with Crippen molar-refractivity contribution in [1.82, 2.24) is 4.98 Å². The minimum Gasteiger partial charge on any atom is -0.384 e. The summed E-state index contributed by atoms with van der Waals surface area (Å²) in [5.41, 5.74) is 2.58. The molecule has 0 bridgehead atoms. The predicted molar refractivity (Wildman–Crippen MR) is 87.3 cm³/mol. The highest BCUT2D eigenvalue weighted by molar-refractivity contribution is 5.93. The number of nitro groups is 1. The number of pyridine rings is 1. The molecule has 6 heteroatoms. The Kier molecular flexibility index (Phi) is 5.27. The Morgan fingerprint density at radius 2 is 2.14 bits per heavy atom. The molecule has 0 atom stereocenters. The van der Waals surface area contributed by atoms with Crippen LogP contribution in [0.3, 0.4) is 0 Å². The van der Waals surface area contributed by atoms with Crippen LogP contribution in [-0.2, 0) is 4.74 Å². The van der Waals surface area contributed by atoms with Crippen LogP contribution in [0, 0.1) is 17.0 Å². The number of anilines is 1. The number of fused-ring (bicyclic) bond motifs is 1. The summed E-state index contributed by atoms with van der Waals surface area (Å²) in [7, 11) is 0.